The van der Waals surface area contributed by atoms with Crippen molar-refractivity contribution in [1.82, 2.24) is 10.4 Å². The summed E-state index contributed by atoms with van der Waals surface area (Å²) in [5.41, 5.74) is 4.97. The van der Waals surface area contributed by atoms with E-state index in [1.807, 2.05) is 30.3 Å². The van der Waals surface area contributed by atoms with Gasteiger partial charge in [0.2, 0.25) is 0 Å². The molecule has 5 heteroatoms. The van der Waals surface area contributed by atoms with Gasteiger partial charge in [-0.1, -0.05) is 12.1 Å². The summed E-state index contributed by atoms with van der Waals surface area (Å²) in [5, 5.41) is 0. The predicted octanol–water partition coefficient (Wildman–Crippen LogP) is 1.85. The molecule has 1 aromatic carbocycles. The summed E-state index contributed by atoms with van der Waals surface area (Å²) in [6.45, 7) is 0. The van der Waals surface area contributed by atoms with Gasteiger partial charge in [0.25, 0.3) is 0 Å². The number of nitrogens with one attached hydrogen (secondary N) is 1. The van der Waals surface area contributed by atoms with Crippen LogP contribution in [-0.2, 0) is 6.42 Å². The zero-order chi connectivity index (χ0) is 14.4. The minimum absolute atomic E-state index is 0.0222. The molecule has 1 heterocycles. The lowest BCUT2D eigenvalue weighted by molar-refractivity contribution is 0.410. The number of aromatic nitrogens is 1. The van der Waals surface area contributed by atoms with Crippen molar-refractivity contribution in [2.45, 2.75) is 12.5 Å². The normalized spacial score (nSPS) is 11.9. The second-order valence-electron chi connectivity index (χ2n) is 4.43. The first-order valence-corrected chi connectivity index (χ1v) is 6.35. The second kappa shape index (κ2) is 6.88. The van der Waals surface area contributed by atoms with Crippen molar-refractivity contribution < 1.29 is 9.47 Å². The highest BCUT2D eigenvalue weighted by Gasteiger charge is 2.12. The van der Waals surface area contributed by atoms with Gasteiger partial charge in [-0.15, -0.1) is 0 Å². The molecule has 0 radical (unpaired) electrons. The Morgan fingerprint density at radius 2 is 1.80 bits per heavy atom. The molecule has 5 nitrogen and oxygen atoms in total. The van der Waals surface area contributed by atoms with Crippen LogP contribution in [0, 0.1) is 0 Å². The van der Waals surface area contributed by atoms with Crippen molar-refractivity contribution in [3.05, 3.63) is 53.9 Å². The summed E-state index contributed by atoms with van der Waals surface area (Å²) in [5.74, 6) is 7.22. The topological polar surface area (TPSA) is 69.4 Å². The highest BCUT2D eigenvalue weighted by Crippen LogP contribution is 2.22. The van der Waals surface area contributed by atoms with Crippen LogP contribution in [0.4, 0.5) is 0 Å². The van der Waals surface area contributed by atoms with Crippen LogP contribution in [0.5, 0.6) is 11.5 Å². The molecule has 1 aromatic heterocycles. The minimum Gasteiger partial charge on any atom is -0.497 e. The molecule has 3 N–H and O–H groups in total. The van der Waals surface area contributed by atoms with E-state index in [1.54, 1.807) is 26.6 Å². The number of methoxy groups -OCH3 is 2. The number of rotatable bonds is 6. The van der Waals surface area contributed by atoms with E-state index >= 15 is 0 Å². The van der Waals surface area contributed by atoms with Crippen LogP contribution in [0.3, 0.4) is 0 Å². The highest BCUT2D eigenvalue weighted by atomic mass is 16.5. The molecule has 0 aliphatic heterocycles. The van der Waals surface area contributed by atoms with E-state index in [1.165, 1.54) is 0 Å². The Hall–Kier alpha value is -2.11. The number of hydrogen-bond acceptors (Lipinski definition) is 5. The molecule has 106 valence electrons. The number of pyridine rings is 1. The zero-order valence-electron chi connectivity index (χ0n) is 11.7. The summed E-state index contributed by atoms with van der Waals surface area (Å²) >= 11 is 0. The van der Waals surface area contributed by atoms with Gasteiger partial charge in [-0.25, -0.2) is 0 Å². The van der Waals surface area contributed by atoms with Crippen molar-refractivity contribution in [1.29, 1.82) is 0 Å². The predicted molar refractivity (Wildman–Crippen MR) is 77.6 cm³/mol. The van der Waals surface area contributed by atoms with Crippen LogP contribution in [-0.4, -0.2) is 19.2 Å². The molecule has 0 fully saturated rings. The van der Waals surface area contributed by atoms with Gasteiger partial charge >= 0.3 is 0 Å². The average molecular weight is 273 g/mol. The number of nitrogens with zero attached hydrogens (tertiary/aromatic N) is 1. The van der Waals surface area contributed by atoms with Crippen LogP contribution in [0.2, 0.25) is 0 Å². The monoisotopic (exact) mass is 273 g/mol. The number of ether oxygens (including phenoxy) is 2. The Labute approximate surface area is 118 Å². The largest absolute Gasteiger partial charge is 0.497 e. The van der Waals surface area contributed by atoms with Gasteiger partial charge in [0.1, 0.15) is 11.5 Å². The summed E-state index contributed by atoms with van der Waals surface area (Å²) in [6.07, 6.45) is 4.22. The van der Waals surface area contributed by atoms with Crippen LogP contribution in [0.15, 0.2) is 42.7 Å². The van der Waals surface area contributed by atoms with Crippen molar-refractivity contribution in [2.75, 3.05) is 14.2 Å². The minimum atomic E-state index is -0.0222. The standard InChI is InChI=1S/C15H19N3O2/c1-19-13-5-3-11(4-6-13)7-15(18-16)12-8-14(20-2)10-17-9-12/h3-6,8-10,15,18H,7,16H2,1-2H3. The molecule has 2 rings (SSSR count). The van der Waals surface area contributed by atoms with E-state index in [9.17, 15) is 0 Å². The summed E-state index contributed by atoms with van der Waals surface area (Å²) in [4.78, 5) is 4.15. The fourth-order valence-corrected chi connectivity index (χ4v) is 2.01. The fraction of sp³-hybridized carbons (Fsp3) is 0.267. The van der Waals surface area contributed by atoms with Gasteiger partial charge in [0.05, 0.1) is 26.5 Å². The van der Waals surface area contributed by atoms with Gasteiger partial charge in [0, 0.05) is 6.20 Å². The molecule has 0 saturated carbocycles. The van der Waals surface area contributed by atoms with Crippen LogP contribution in [0.25, 0.3) is 0 Å². The van der Waals surface area contributed by atoms with Crippen LogP contribution < -0.4 is 20.7 Å². The molecular formula is C15H19N3O2. The van der Waals surface area contributed by atoms with E-state index < -0.39 is 0 Å². The highest BCUT2D eigenvalue weighted by molar-refractivity contribution is 5.30. The first-order chi connectivity index (χ1) is 9.76. The second-order valence-corrected chi connectivity index (χ2v) is 4.43. The molecule has 0 amide bonds. The average Bonchev–Trinajstić information content (AvgIpc) is 2.53. The van der Waals surface area contributed by atoms with Gasteiger partial charge in [-0.2, -0.15) is 0 Å². The Morgan fingerprint density at radius 3 is 2.40 bits per heavy atom. The van der Waals surface area contributed by atoms with Crippen LogP contribution >= 0.6 is 0 Å². The van der Waals surface area contributed by atoms with Crippen molar-refractivity contribution >= 4 is 0 Å². The quantitative estimate of drug-likeness (QED) is 0.621. The zero-order valence-corrected chi connectivity index (χ0v) is 11.7. The Bertz CT molecular complexity index is 543. The molecule has 0 aliphatic rings. The van der Waals surface area contributed by atoms with Crippen molar-refractivity contribution in [3.8, 4) is 11.5 Å². The maximum Gasteiger partial charge on any atom is 0.137 e. The number of hydrazine groups is 1. The van der Waals surface area contributed by atoms with Crippen molar-refractivity contribution in [3.63, 3.8) is 0 Å². The third-order valence-electron chi connectivity index (χ3n) is 3.17. The molecule has 0 aliphatic carbocycles. The van der Waals surface area contributed by atoms with E-state index in [2.05, 4.69) is 10.4 Å². The molecule has 1 atom stereocenters. The Kier molecular flexibility index (Phi) is 4.92. The molecule has 20 heavy (non-hydrogen) atoms. The number of benzene rings is 1. The lowest BCUT2D eigenvalue weighted by Gasteiger charge is -2.17. The maximum absolute atomic E-state index is 5.66. The molecule has 1 unspecified atom stereocenters. The molecule has 2 aromatic rings. The van der Waals surface area contributed by atoms with Gasteiger partial charge < -0.3 is 9.47 Å². The first-order valence-electron chi connectivity index (χ1n) is 6.35. The third-order valence-corrected chi connectivity index (χ3v) is 3.17. The maximum atomic E-state index is 5.66. The summed E-state index contributed by atoms with van der Waals surface area (Å²) in [7, 11) is 3.27. The van der Waals surface area contributed by atoms with Gasteiger partial charge in [-0.3, -0.25) is 16.3 Å². The number of hydrogen-bond donors (Lipinski definition) is 2. The lowest BCUT2D eigenvalue weighted by Crippen LogP contribution is -2.29. The molecule has 0 saturated heterocycles. The fourth-order valence-electron chi connectivity index (χ4n) is 2.01. The lowest BCUT2D eigenvalue weighted by atomic mass is 10.0. The third kappa shape index (κ3) is 3.46. The van der Waals surface area contributed by atoms with E-state index in [-0.39, 0.29) is 6.04 Å². The van der Waals surface area contributed by atoms with E-state index in [0.717, 1.165) is 29.0 Å². The number of nitrogens with two attached hydrogens (primary N) is 1. The first kappa shape index (κ1) is 14.3. The smallest absolute Gasteiger partial charge is 0.137 e. The molecule has 0 bridgehead atoms. The Balaban J connectivity index is 2.14. The molecule has 0 spiro atoms. The van der Waals surface area contributed by atoms with Gasteiger partial charge in [-0.05, 0) is 35.7 Å². The SMILES string of the molecule is COc1ccc(CC(NN)c2cncc(OC)c2)cc1. The summed E-state index contributed by atoms with van der Waals surface area (Å²) in [6, 6.07) is 9.83. The summed E-state index contributed by atoms with van der Waals surface area (Å²) < 4.78 is 10.3. The molecular weight excluding hydrogens is 254 g/mol. The van der Waals surface area contributed by atoms with E-state index in [4.69, 9.17) is 15.3 Å². The van der Waals surface area contributed by atoms with Crippen LogP contribution in [0.1, 0.15) is 17.2 Å². The van der Waals surface area contributed by atoms with Gasteiger partial charge in [0.15, 0.2) is 0 Å². The van der Waals surface area contributed by atoms with E-state index in [0.29, 0.717) is 0 Å². The Morgan fingerprint density at radius 1 is 1.10 bits per heavy atom. The van der Waals surface area contributed by atoms with Crippen molar-refractivity contribution in [2.24, 2.45) is 5.84 Å².